The summed E-state index contributed by atoms with van der Waals surface area (Å²) < 4.78 is 7.86. The Morgan fingerprint density at radius 3 is 2.48 bits per heavy atom. The van der Waals surface area contributed by atoms with Gasteiger partial charge in [-0.3, -0.25) is 9.59 Å². The summed E-state index contributed by atoms with van der Waals surface area (Å²) >= 11 is 0. The molecule has 0 unspecified atom stereocenters. The lowest BCUT2D eigenvalue weighted by atomic mass is 10.1. The zero-order valence-electron chi connectivity index (χ0n) is 17.6. The number of fused-ring (bicyclic) bond motifs is 1. The van der Waals surface area contributed by atoms with Crippen LogP contribution < -0.4 is 15.6 Å². The van der Waals surface area contributed by atoms with Gasteiger partial charge in [-0.2, -0.15) is 10.2 Å². The lowest BCUT2D eigenvalue weighted by Gasteiger charge is -2.14. The van der Waals surface area contributed by atoms with Crippen LogP contribution in [0, 0.1) is 6.92 Å². The average Bonchev–Trinajstić information content (AvgIpc) is 3.24. The Kier molecular flexibility index (Phi) is 5.53. The van der Waals surface area contributed by atoms with Crippen LogP contribution in [0.5, 0.6) is 5.75 Å². The van der Waals surface area contributed by atoms with Gasteiger partial charge in [0.05, 0.1) is 18.8 Å². The molecule has 0 aliphatic carbocycles. The van der Waals surface area contributed by atoms with Crippen molar-refractivity contribution in [2.75, 3.05) is 7.11 Å². The Morgan fingerprint density at radius 2 is 1.81 bits per heavy atom. The van der Waals surface area contributed by atoms with Crippen LogP contribution in [0.4, 0.5) is 0 Å². The second kappa shape index (κ2) is 8.43. The van der Waals surface area contributed by atoms with Crippen LogP contribution in [-0.2, 0) is 11.3 Å². The normalized spacial score (nSPS) is 12.0. The highest BCUT2D eigenvalue weighted by Crippen LogP contribution is 2.22. The van der Waals surface area contributed by atoms with Gasteiger partial charge in [-0.05, 0) is 49.7 Å². The number of ether oxygens (including phenoxy) is 1. The van der Waals surface area contributed by atoms with Crippen molar-refractivity contribution >= 4 is 11.4 Å². The highest BCUT2D eigenvalue weighted by atomic mass is 16.5. The molecule has 1 amide bonds. The Morgan fingerprint density at radius 1 is 1.10 bits per heavy atom. The molecule has 0 aliphatic heterocycles. The van der Waals surface area contributed by atoms with E-state index in [2.05, 4.69) is 15.5 Å². The van der Waals surface area contributed by atoms with Crippen molar-refractivity contribution in [3.05, 3.63) is 82.4 Å². The Hall–Kier alpha value is -3.94. The molecule has 2 aromatic heterocycles. The average molecular weight is 417 g/mol. The molecule has 158 valence electrons. The van der Waals surface area contributed by atoms with Crippen LogP contribution in [0.25, 0.3) is 16.8 Å². The van der Waals surface area contributed by atoms with E-state index in [1.807, 2.05) is 61.5 Å². The number of hydrogen-bond acceptors (Lipinski definition) is 5. The maximum atomic E-state index is 13.0. The van der Waals surface area contributed by atoms with Gasteiger partial charge in [-0.1, -0.05) is 30.3 Å². The molecule has 2 aromatic carbocycles. The topological polar surface area (TPSA) is 90.5 Å². The van der Waals surface area contributed by atoms with Crippen molar-refractivity contribution in [1.82, 2.24) is 24.7 Å². The largest absolute Gasteiger partial charge is 0.497 e. The van der Waals surface area contributed by atoms with Crippen LogP contribution in [-0.4, -0.2) is 32.4 Å². The minimum absolute atomic E-state index is 0.170. The molecule has 1 N–H and O–H groups in total. The van der Waals surface area contributed by atoms with Gasteiger partial charge in [-0.15, -0.1) is 0 Å². The minimum Gasteiger partial charge on any atom is -0.497 e. The van der Waals surface area contributed by atoms with Gasteiger partial charge in [0.2, 0.25) is 5.91 Å². The fraction of sp³-hybridized carbons (Fsp3) is 0.217. The molecular weight excluding hydrogens is 394 g/mol. The van der Waals surface area contributed by atoms with Gasteiger partial charge in [0.25, 0.3) is 5.56 Å². The first kappa shape index (κ1) is 20.3. The summed E-state index contributed by atoms with van der Waals surface area (Å²) in [6, 6.07) is 18.6. The summed E-state index contributed by atoms with van der Waals surface area (Å²) in [6.45, 7) is 3.48. The summed E-state index contributed by atoms with van der Waals surface area (Å²) in [6.07, 6.45) is 0. The van der Waals surface area contributed by atoms with Gasteiger partial charge < -0.3 is 10.1 Å². The monoisotopic (exact) mass is 417 g/mol. The molecule has 0 radical (unpaired) electrons. The predicted molar refractivity (Wildman–Crippen MR) is 117 cm³/mol. The number of carbonyl (C=O) groups excluding carboxylic acids is 1. The molecule has 0 spiro atoms. The number of nitrogens with zero attached hydrogens (tertiary/aromatic N) is 4. The Balaban J connectivity index is 1.59. The summed E-state index contributed by atoms with van der Waals surface area (Å²) in [5, 5.41) is 11.7. The molecule has 4 rings (SSSR count). The zero-order chi connectivity index (χ0) is 22.0. The number of amides is 1. The van der Waals surface area contributed by atoms with E-state index < -0.39 is 0 Å². The zero-order valence-corrected chi connectivity index (χ0v) is 17.6. The summed E-state index contributed by atoms with van der Waals surface area (Å²) in [4.78, 5) is 25.5. The van der Waals surface area contributed by atoms with Crippen molar-refractivity contribution in [3.63, 3.8) is 0 Å². The molecule has 0 aliphatic rings. The second-order valence-corrected chi connectivity index (χ2v) is 7.27. The molecule has 0 saturated carbocycles. The number of methoxy groups -OCH3 is 1. The highest BCUT2D eigenvalue weighted by molar-refractivity contribution is 5.76. The minimum atomic E-state index is -0.375. The van der Waals surface area contributed by atoms with E-state index in [9.17, 15) is 9.59 Å². The van der Waals surface area contributed by atoms with Crippen molar-refractivity contribution in [2.45, 2.75) is 26.4 Å². The first-order chi connectivity index (χ1) is 15.0. The number of rotatable bonds is 6. The predicted octanol–water partition coefficient (Wildman–Crippen LogP) is 2.75. The quantitative estimate of drug-likeness (QED) is 0.521. The third-order valence-electron chi connectivity index (χ3n) is 5.09. The van der Waals surface area contributed by atoms with Gasteiger partial charge in [0, 0.05) is 5.56 Å². The van der Waals surface area contributed by atoms with Crippen LogP contribution in [0.15, 0.2) is 65.5 Å². The lowest BCUT2D eigenvalue weighted by molar-refractivity contribution is -0.122. The number of hydrogen-bond donors (Lipinski definition) is 1. The van der Waals surface area contributed by atoms with Crippen molar-refractivity contribution in [2.24, 2.45) is 0 Å². The molecular formula is C23H23N5O3. The van der Waals surface area contributed by atoms with E-state index in [0.717, 1.165) is 16.9 Å². The molecule has 0 fully saturated rings. The Bertz CT molecular complexity index is 1280. The first-order valence-corrected chi connectivity index (χ1v) is 9.92. The van der Waals surface area contributed by atoms with Crippen molar-refractivity contribution in [1.29, 1.82) is 0 Å². The smallest absolute Gasteiger partial charge is 0.293 e. The standard InChI is InChI=1S/C23H23N5O3/c1-15(17-7-5-4-6-8-17)24-22(29)14-27-23(30)21-13-20(26-28(21)16(2)25-27)18-9-11-19(31-3)12-10-18/h4-13,15H,14H2,1-3H3,(H,24,29)/t15-/m1/s1. The van der Waals surface area contributed by atoms with Gasteiger partial charge in [0.1, 0.15) is 23.6 Å². The van der Waals surface area contributed by atoms with E-state index in [1.54, 1.807) is 20.1 Å². The molecule has 8 heteroatoms. The number of aromatic nitrogens is 4. The molecule has 2 heterocycles. The van der Waals surface area contributed by atoms with E-state index >= 15 is 0 Å². The van der Waals surface area contributed by atoms with E-state index in [-0.39, 0.29) is 24.1 Å². The maximum Gasteiger partial charge on any atom is 0.293 e. The van der Waals surface area contributed by atoms with Crippen molar-refractivity contribution in [3.8, 4) is 17.0 Å². The SMILES string of the molecule is COc1ccc(-c2cc3c(=O)n(CC(=O)N[C@H](C)c4ccccc4)nc(C)n3n2)cc1. The van der Waals surface area contributed by atoms with Gasteiger partial charge >= 0.3 is 0 Å². The van der Waals surface area contributed by atoms with Crippen LogP contribution in [0.3, 0.4) is 0 Å². The maximum absolute atomic E-state index is 13.0. The fourth-order valence-electron chi connectivity index (χ4n) is 3.43. The van der Waals surface area contributed by atoms with E-state index in [1.165, 1.54) is 9.20 Å². The number of nitrogens with one attached hydrogen (secondary N) is 1. The van der Waals surface area contributed by atoms with Gasteiger partial charge in [-0.25, -0.2) is 9.20 Å². The highest BCUT2D eigenvalue weighted by Gasteiger charge is 2.16. The number of benzene rings is 2. The summed E-state index contributed by atoms with van der Waals surface area (Å²) in [5.41, 5.74) is 2.47. The van der Waals surface area contributed by atoms with Crippen molar-refractivity contribution < 1.29 is 9.53 Å². The van der Waals surface area contributed by atoms with E-state index in [0.29, 0.717) is 17.0 Å². The lowest BCUT2D eigenvalue weighted by Crippen LogP contribution is -2.36. The third kappa shape index (κ3) is 4.18. The molecule has 1 atom stereocenters. The third-order valence-corrected chi connectivity index (χ3v) is 5.09. The molecule has 4 aromatic rings. The second-order valence-electron chi connectivity index (χ2n) is 7.27. The van der Waals surface area contributed by atoms with Crippen LogP contribution in [0.2, 0.25) is 0 Å². The summed E-state index contributed by atoms with van der Waals surface area (Å²) in [5.74, 6) is 0.964. The molecule has 0 bridgehead atoms. The molecule has 8 nitrogen and oxygen atoms in total. The van der Waals surface area contributed by atoms with Crippen LogP contribution in [0.1, 0.15) is 24.4 Å². The fourth-order valence-corrected chi connectivity index (χ4v) is 3.43. The first-order valence-electron chi connectivity index (χ1n) is 9.92. The number of carbonyl (C=O) groups is 1. The van der Waals surface area contributed by atoms with E-state index in [4.69, 9.17) is 4.74 Å². The number of aryl methyl sites for hydroxylation is 1. The van der Waals surface area contributed by atoms with Gasteiger partial charge in [0.15, 0.2) is 0 Å². The Labute approximate surface area is 179 Å². The van der Waals surface area contributed by atoms with Crippen LogP contribution >= 0.6 is 0 Å². The summed E-state index contributed by atoms with van der Waals surface area (Å²) in [7, 11) is 1.61. The molecule has 31 heavy (non-hydrogen) atoms. The molecule has 0 saturated heterocycles.